The van der Waals surface area contributed by atoms with E-state index in [2.05, 4.69) is 10.3 Å². The minimum Gasteiger partial charge on any atom is -0.370 e. The van der Waals surface area contributed by atoms with Gasteiger partial charge in [0.05, 0.1) is 29.1 Å². The van der Waals surface area contributed by atoms with Gasteiger partial charge < -0.3 is 10.2 Å². The normalized spacial score (nSPS) is 18.1. The lowest BCUT2D eigenvalue weighted by Gasteiger charge is -2.34. The summed E-state index contributed by atoms with van der Waals surface area (Å²) in [5.74, 6) is -3.15. The predicted molar refractivity (Wildman–Crippen MR) is 148 cm³/mol. The lowest BCUT2D eigenvalue weighted by Crippen LogP contribution is -2.35. The molecule has 1 amide bonds. The van der Waals surface area contributed by atoms with Crippen LogP contribution in [0.2, 0.25) is 0 Å². The summed E-state index contributed by atoms with van der Waals surface area (Å²) in [6, 6.07) is 18.9. The van der Waals surface area contributed by atoms with E-state index in [9.17, 15) is 31.1 Å². The fourth-order valence-electron chi connectivity index (χ4n) is 6.08. The molecule has 0 aliphatic carbocycles. The molecule has 1 atom stereocenters. The van der Waals surface area contributed by atoms with Crippen molar-refractivity contribution in [3.05, 3.63) is 107 Å². The van der Waals surface area contributed by atoms with E-state index >= 15 is 0 Å². The molecule has 1 fully saturated rings. The van der Waals surface area contributed by atoms with Crippen LogP contribution < -0.4 is 10.2 Å². The molecule has 6 nitrogen and oxygen atoms in total. The number of piperidine rings is 1. The fraction of sp³-hybridized carbons (Fsp3) is 0.323. The maximum Gasteiger partial charge on any atom is 0.417 e. The van der Waals surface area contributed by atoms with Crippen molar-refractivity contribution in [3.8, 4) is 0 Å². The summed E-state index contributed by atoms with van der Waals surface area (Å²) in [7, 11) is 0. The molecule has 0 spiro atoms. The average Bonchev–Trinajstić information content (AvgIpc) is 3.36. The molecule has 12 heteroatoms. The van der Waals surface area contributed by atoms with Crippen LogP contribution >= 0.6 is 0 Å². The molecule has 43 heavy (non-hydrogen) atoms. The first kappa shape index (κ1) is 28.8. The largest absolute Gasteiger partial charge is 0.417 e. The highest BCUT2D eigenvalue weighted by Crippen LogP contribution is 2.49. The molecule has 0 radical (unpaired) electrons. The van der Waals surface area contributed by atoms with Crippen molar-refractivity contribution in [1.82, 2.24) is 14.8 Å². The molecule has 4 heterocycles. The van der Waals surface area contributed by atoms with Gasteiger partial charge in [0.25, 0.3) is 0 Å². The Bertz CT molecular complexity index is 1560. The zero-order valence-electron chi connectivity index (χ0n) is 22.7. The Morgan fingerprint density at radius 1 is 0.860 bits per heavy atom. The first-order chi connectivity index (χ1) is 20.5. The first-order valence-corrected chi connectivity index (χ1v) is 13.9. The van der Waals surface area contributed by atoms with Crippen molar-refractivity contribution in [3.63, 3.8) is 0 Å². The minimum absolute atomic E-state index is 0.0239. The number of benzene rings is 2. The van der Waals surface area contributed by atoms with Gasteiger partial charge in [-0.05, 0) is 30.0 Å². The molecular formula is C31H27F6N5O. The third kappa shape index (κ3) is 5.70. The van der Waals surface area contributed by atoms with E-state index in [1.165, 1.54) is 10.9 Å². The van der Waals surface area contributed by atoms with Gasteiger partial charge in [-0.25, -0.2) is 4.68 Å². The van der Waals surface area contributed by atoms with Gasteiger partial charge in [-0.15, -0.1) is 0 Å². The molecule has 2 aromatic heterocycles. The van der Waals surface area contributed by atoms with Crippen LogP contribution in [-0.4, -0.2) is 39.9 Å². The molecule has 1 unspecified atom stereocenters. The topological polar surface area (TPSA) is 63.1 Å². The van der Waals surface area contributed by atoms with Gasteiger partial charge in [-0.1, -0.05) is 60.7 Å². The summed E-state index contributed by atoms with van der Waals surface area (Å²) in [6.07, 6.45) is -7.14. The van der Waals surface area contributed by atoms with Crippen molar-refractivity contribution >= 4 is 17.4 Å². The number of carbonyl (C=O) groups is 1. The van der Waals surface area contributed by atoms with Gasteiger partial charge in [0.1, 0.15) is 11.9 Å². The van der Waals surface area contributed by atoms with Crippen LogP contribution in [0.4, 0.5) is 37.8 Å². The van der Waals surface area contributed by atoms with Crippen molar-refractivity contribution in [2.24, 2.45) is 0 Å². The highest BCUT2D eigenvalue weighted by molar-refractivity contribution is 5.94. The number of halogens is 6. The van der Waals surface area contributed by atoms with Gasteiger partial charge in [0.15, 0.2) is 0 Å². The second kappa shape index (κ2) is 11.1. The summed E-state index contributed by atoms with van der Waals surface area (Å²) in [5, 5.41) is 7.53. The van der Waals surface area contributed by atoms with E-state index in [0.29, 0.717) is 31.6 Å². The number of carbonyl (C=O) groups excluding carboxylic acids is 1. The zero-order chi connectivity index (χ0) is 30.4. The van der Waals surface area contributed by atoms with Crippen LogP contribution in [0, 0.1) is 0 Å². The van der Waals surface area contributed by atoms with Crippen molar-refractivity contribution in [2.75, 3.05) is 23.3 Å². The number of hydrogen-bond acceptors (Lipinski definition) is 4. The highest BCUT2D eigenvalue weighted by atomic mass is 19.4. The molecule has 2 aliphatic heterocycles. The molecule has 0 saturated carbocycles. The highest BCUT2D eigenvalue weighted by Gasteiger charge is 2.49. The molecule has 1 saturated heterocycles. The standard InChI is InChI=1S/C31H27F6N5O/c32-30(33,34)22-15-23(18-38-17-22)41-13-11-19(12-14-41)27-26-24(31(35,36)37)16-25(43)39-29(26)42(40-27)28(20-7-3-1-4-8-20)21-9-5-2-6-10-21/h1-10,15,17-19,24,28H,11-14,16H2,(H,39,43). The fourth-order valence-corrected chi connectivity index (χ4v) is 6.08. The van der Waals surface area contributed by atoms with E-state index in [0.717, 1.165) is 23.4 Å². The molecular weight excluding hydrogens is 572 g/mol. The molecule has 224 valence electrons. The van der Waals surface area contributed by atoms with Crippen molar-refractivity contribution < 1.29 is 31.1 Å². The molecule has 4 aromatic rings. The van der Waals surface area contributed by atoms with Gasteiger partial charge >= 0.3 is 12.4 Å². The maximum absolute atomic E-state index is 14.5. The number of anilines is 2. The SMILES string of the molecule is O=C1CC(C(F)(F)F)c2c(C3CCN(c4cncc(C(F)(F)F)c4)CC3)nn(C(c3ccccc3)c3ccccc3)c2N1. The first-order valence-electron chi connectivity index (χ1n) is 13.9. The van der Waals surface area contributed by atoms with E-state index in [1.807, 2.05) is 60.7 Å². The smallest absolute Gasteiger partial charge is 0.370 e. The Hall–Kier alpha value is -4.35. The Kier molecular flexibility index (Phi) is 7.39. The van der Waals surface area contributed by atoms with Crippen LogP contribution in [0.1, 0.15) is 65.1 Å². The van der Waals surface area contributed by atoms with Gasteiger partial charge in [0, 0.05) is 37.2 Å². The van der Waals surface area contributed by atoms with Crippen LogP contribution in [0.25, 0.3) is 0 Å². The van der Waals surface area contributed by atoms with E-state index in [-0.39, 0.29) is 17.1 Å². The number of hydrogen-bond donors (Lipinski definition) is 1. The van der Waals surface area contributed by atoms with Crippen LogP contribution in [0.5, 0.6) is 0 Å². The second-order valence-corrected chi connectivity index (χ2v) is 10.9. The molecule has 1 N–H and O–H groups in total. The summed E-state index contributed by atoms with van der Waals surface area (Å²) in [5.41, 5.74) is 1.21. The third-order valence-electron chi connectivity index (χ3n) is 8.14. The number of amides is 1. The number of nitrogens with zero attached hydrogens (tertiary/aromatic N) is 4. The number of fused-ring (bicyclic) bond motifs is 1. The number of pyridine rings is 1. The number of rotatable bonds is 5. The predicted octanol–water partition coefficient (Wildman–Crippen LogP) is 7.31. The summed E-state index contributed by atoms with van der Waals surface area (Å²) in [4.78, 5) is 18.2. The summed E-state index contributed by atoms with van der Waals surface area (Å²) >= 11 is 0. The lowest BCUT2D eigenvalue weighted by atomic mass is 9.84. The van der Waals surface area contributed by atoms with Gasteiger partial charge in [-0.2, -0.15) is 31.4 Å². The second-order valence-electron chi connectivity index (χ2n) is 10.9. The Balaban J connectivity index is 1.41. The summed E-state index contributed by atoms with van der Waals surface area (Å²) < 4.78 is 84.7. The Labute approximate surface area is 243 Å². The average molecular weight is 600 g/mol. The quantitative estimate of drug-likeness (QED) is 0.245. The van der Waals surface area contributed by atoms with Crippen LogP contribution in [0.3, 0.4) is 0 Å². The maximum atomic E-state index is 14.5. The number of nitrogens with one attached hydrogen (secondary N) is 1. The van der Waals surface area contributed by atoms with Gasteiger partial charge in [-0.3, -0.25) is 9.78 Å². The van der Waals surface area contributed by atoms with E-state index < -0.39 is 48.1 Å². The van der Waals surface area contributed by atoms with Gasteiger partial charge in [0.2, 0.25) is 5.91 Å². The zero-order valence-corrected chi connectivity index (χ0v) is 22.7. The lowest BCUT2D eigenvalue weighted by molar-refractivity contribution is -0.157. The summed E-state index contributed by atoms with van der Waals surface area (Å²) in [6.45, 7) is 0.609. The van der Waals surface area contributed by atoms with Crippen molar-refractivity contribution in [2.45, 2.75) is 49.5 Å². The number of alkyl halides is 6. The minimum atomic E-state index is -4.69. The van der Waals surface area contributed by atoms with Crippen LogP contribution in [0.15, 0.2) is 79.1 Å². The third-order valence-corrected chi connectivity index (χ3v) is 8.14. The van der Waals surface area contributed by atoms with Crippen LogP contribution in [-0.2, 0) is 11.0 Å². The molecule has 6 rings (SSSR count). The van der Waals surface area contributed by atoms with E-state index in [1.54, 1.807) is 4.90 Å². The molecule has 0 bridgehead atoms. The Morgan fingerprint density at radius 3 is 2.02 bits per heavy atom. The molecule has 2 aliphatic rings. The molecule has 2 aromatic carbocycles. The van der Waals surface area contributed by atoms with E-state index in [4.69, 9.17) is 5.10 Å². The monoisotopic (exact) mass is 599 g/mol. The number of aromatic nitrogens is 3. The van der Waals surface area contributed by atoms with Crippen molar-refractivity contribution in [1.29, 1.82) is 0 Å². The Morgan fingerprint density at radius 2 is 1.47 bits per heavy atom.